The Balaban J connectivity index is 0.762. The summed E-state index contributed by atoms with van der Waals surface area (Å²) in [7, 11) is 0. The van der Waals surface area contributed by atoms with Crippen molar-refractivity contribution in [2.45, 2.75) is 115 Å². The number of carbonyl (C=O) groups is 6. The first kappa shape index (κ1) is 48.4. The Hall–Kier alpha value is -6.07. The molecule has 5 amide bonds. The van der Waals surface area contributed by atoms with Gasteiger partial charge in [0.2, 0.25) is 17.7 Å². The second-order valence-electron chi connectivity index (χ2n) is 19.8. The minimum Gasteiger partial charge on any atom is -0.446 e. The number of hydrogen-bond donors (Lipinski definition) is 5. The molecule has 17 nitrogen and oxygen atoms in total. The van der Waals surface area contributed by atoms with E-state index in [4.69, 9.17) is 13.9 Å². The van der Waals surface area contributed by atoms with Gasteiger partial charge in [0, 0.05) is 62.6 Å². The smallest absolute Gasteiger partial charge is 0.410 e. The average Bonchev–Trinajstić information content (AvgIpc) is 3.63. The van der Waals surface area contributed by atoms with Crippen LogP contribution in [0.2, 0.25) is 0 Å². The molecule has 2 heterocycles. The number of ketones is 1. The van der Waals surface area contributed by atoms with Gasteiger partial charge < -0.3 is 49.9 Å². The molecule has 4 aliphatic carbocycles. The number of benzene rings is 2. The fourth-order valence-corrected chi connectivity index (χ4v) is 12.3. The minimum atomic E-state index is -1.33. The van der Waals surface area contributed by atoms with E-state index in [2.05, 4.69) is 22.9 Å². The summed E-state index contributed by atoms with van der Waals surface area (Å²) in [5.41, 5.74) is -0.817. The number of hydrogen-bond acceptors (Lipinski definition) is 12. The largest absolute Gasteiger partial charge is 0.446 e. The van der Waals surface area contributed by atoms with Crippen LogP contribution in [0.25, 0.3) is 0 Å². The highest BCUT2D eigenvalue weighted by molar-refractivity contribution is 5.96. The van der Waals surface area contributed by atoms with E-state index >= 15 is 0 Å². The number of fused-ring (bicyclic) bond motifs is 5. The number of amides is 5. The van der Waals surface area contributed by atoms with E-state index in [-0.39, 0.29) is 81.8 Å². The number of nitrogens with one attached hydrogen (secondary N) is 3. The van der Waals surface area contributed by atoms with Crippen LogP contribution in [0, 0.1) is 28.6 Å². The van der Waals surface area contributed by atoms with Crippen molar-refractivity contribution in [1.29, 1.82) is 0 Å². The Bertz CT molecular complexity index is 2400. The van der Waals surface area contributed by atoms with E-state index in [0.717, 1.165) is 12.0 Å². The van der Waals surface area contributed by atoms with Crippen molar-refractivity contribution >= 4 is 41.4 Å². The quantitative estimate of drug-likeness (QED) is 0.167. The molecular weight excluding hydrogens is 875 g/mol. The van der Waals surface area contributed by atoms with Crippen LogP contribution in [0.1, 0.15) is 94.7 Å². The maximum Gasteiger partial charge on any atom is 0.410 e. The maximum atomic E-state index is 14.3. The van der Waals surface area contributed by atoms with E-state index in [9.17, 15) is 43.8 Å². The summed E-state index contributed by atoms with van der Waals surface area (Å²) >= 11 is 0. The molecule has 5 aliphatic rings. The molecule has 0 radical (unpaired) electrons. The molecule has 68 heavy (non-hydrogen) atoms. The van der Waals surface area contributed by atoms with Crippen LogP contribution in [0.15, 0.2) is 82.2 Å². The van der Waals surface area contributed by atoms with Gasteiger partial charge in [-0.3, -0.25) is 19.2 Å². The Labute approximate surface area is 395 Å². The molecular formula is C51H63N5O12. The van der Waals surface area contributed by atoms with Crippen LogP contribution in [-0.4, -0.2) is 112 Å². The second-order valence-corrected chi connectivity index (χ2v) is 19.8. The number of Topliss-reactive ketones (excluding diaryl/α,β-unsaturated/α-hetero) is 1. The van der Waals surface area contributed by atoms with Crippen LogP contribution in [0.5, 0.6) is 0 Å². The highest BCUT2D eigenvalue weighted by Crippen LogP contribution is 2.69. The zero-order chi connectivity index (χ0) is 48.4. The van der Waals surface area contributed by atoms with Gasteiger partial charge in [-0.1, -0.05) is 56.3 Å². The summed E-state index contributed by atoms with van der Waals surface area (Å²) in [6.45, 7) is 6.32. The molecule has 0 bridgehead atoms. The fourth-order valence-electron chi connectivity index (χ4n) is 12.3. The van der Waals surface area contributed by atoms with Crippen molar-refractivity contribution in [3.05, 3.63) is 100 Å². The third-order valence-electron chi connectivity index (χ3n) is 16.1. The lowest BCUT2D eigenvalue weighted by atomic mass is 9.42. The van der Waals surface area contributed by atoms with Crippen molar-refractivity contribution in [3.8, 4) is 0 Å². The van der Waals surface area contributed by atoms with E-state index < -0.39 is 70.0 Å². The molecule has 17 heteroatoms. The van der Waals surface area contributed by atoms with Gasteiger partial charge in [0.05, 0.1) is 23.8 Å². The number of nitrogens with zero attached hydrogens (tertiary/aromatic N) is 2. The van der Waals surface area contributed by atoms with E-state index in [1.165, 1.54) is 17.2 Å². The molecule has 5 fully saturated rings. The Morgan fingerprint density at radius 2 is 1.54 bits per heavy atom. The third-order valence-corrected chi connectivity index (χ3v) is 16.1. The van der Waals surface area contributed by atoms with Gasteiger partial charge in [-0.2, -0.15) is 0 Å². The summed E-state index contributed by atoms with van der Waals surface area (Å²) in [4.78, 5) is 93.3. The minimum absolute atomic E-state index is 0.0141. The molecule has 1 saturated heterocycles. The van der Waals surface area contributed by atoms with Gasteiger partial charge in [0.25, 0.3) is 0 Å². The highest BCUT2D eigenvalue weighted by Gasteiger charge is 2.73. The standard InChI is InChI=1S/C51H63N5O12/c1-4-40(57)54-39(26-31-8-6-5-7-9-31)46(62)52-28-41(58)53-35-14-10-32(11-15-35)29-67-47(63)55-22-24-56(25-23-55)48(64)68-36-18-20-49(2)34(27-36)13-16-38-43(49)44(60)45(61)50(3)37(19-21-51(38,50)65)33-12-17-42(59)66-30-33/h5-12,14-15,17,30,34,36-39,43-44,60,65H,4,13,16,18-29H2,1-3H3,(H,52,62)(H,53,58)(H,54,57)/t34-,36+,37-,38-,39+,43-,44+,49+,50+,51+/m1/s1. The highest BCUT2D eigenvalue weighted by atomic mass is 16.6. The predicted octanol–water partition coefficient (Wildman–Crippen LogP) is 4.68. The van der Waals surface area contributed by atoms with Crippen LogP contribution in [-0.2, 0) is 41.7 Å². The Kier molecular flexibility index (Phi) is 14.1. The lowest BCUT2D eigenvalue weighted by Crippen LogP contribution is -2.70. The molecule has 10 atom stereocenters. The van der Waals surface area contributed by atoms with Gasteiger partial charge in [-0.25, -0.2) is 14.4 Å². The summed E-state index contributed by atoms with van der Waals surface area (Å²) in [5.74, 6) is -2.65. The molecule has 0 spiro atoms. The summed E-state index contributed by atoms with van der Waals surface area (Å²) < 4.78 is 16.8. The first-order valence-electron chi connectivity index (χ1n) is 23.9. The number of carbonyl (C=O) groups excluding carboxylic acids is 6. The van der Waals surface area contributed by atoms with E-state index in [1.807, 2.05) is 30.3 Å². The lowest BCUT2D eigenvalue weighted by Gasteiger charge is -2.64. The van der Waals surface area contributed by atoms with Crippen molar-refractivity contribution in [1.82, 2.24) is 20.4 Å². The first-order valence-corrected chi connectivity index (χ1v) is 23.9. The Morgan fingerprint density at radius 1 is 0.838 bits per heavy atom. The topological polar surface area (TPSA) is 234 Å². The molecule has 364 valence electrons. The van der Waals surface area contributed by atoms with Gasteiger partial charge in [-0.15, -0.1) is 0 Å². The van der Waals surface area contributed by atoms with Crippen molar-refractivity contribution in [2.24, 2.45) is 28.6 Å². The van der Waals surface area contributed by atoms with Gasteiger partial charge in [0.1, 0.15) is 24.9 Å². The van der Waals surface area contributed by atoms with Crippen molar-refractivity contribution in [2.75, 3.05) is 38.0 Å². The monoisotopic (exact) mass is 937 g/mol. The number of rotatable bonds is 12. The van der Waals surface area contributed by atoms with Crippen LogP contribution < -0.4 is 21.6 Å². The normalized spacial score (nSPS) is 30.2. The SMILES string of the molecule is CCC(=O)N[C@@H](Cc1ccccc1)C(=O)NCC(=O)Nc1ccc(COC(=O)N2CCN(C(=O)O[C@H]3CC[C@@]4(C)[C@H](CC[C@@H]5[C@@H]4[C@H](O)C(=O)[C@]4(C)[C@@H](c6ccc(=O)oc6)CC[C@]54O)C3)CC2)cc1. The number of ether oxygens (including phenoxy) is 2. The van der Waals surface area contributed by atoms with Crippen molar-refractivity contribution in [3.63, 3.8) is 0 Å². The number of anilines is 1. The molecule has 3 aromatic rings. The number of piperazine rings is 1. The molecule has 4 saturated carbocycles. The van der Waals surface area contributed by atoms with Crippen LogP contribution >= 0.6 is 0 Å². The molecule has 8 rings (SSSR count). The zero-order valence-electron chi connectivity index (χ0n) is 38.9. The number of aliphatic hydroxyl groups is 2. The average molecular weight is 938 g/mol. The third kappa shape index (κ3) is 9.51. The summed E-state index contributed by atoms with van der Waals surface area (Å²) in [5, 5.41) is 32.5. The first-order chi connectivity index (χ1) is 32.5. The van der Waals surface area contributed by atoms with Gasteiger partial charge in [0.15, 0.2) is 5.78 Å². The van der Waals surface area contributed by atoms with Gasteiger partial charge >= 0.3 is 17.8 Å². The van der Waals surface area contributed by atoms with Crippen LogP contribution in [0.3, 0.4) is 0 Å². The maximum absolute atomic E-state index is 14.3. The van der Waals surface area contributed by atoms with E-state index in [1.54, 1.807) is 49.1 Å². The zero-order valence-corrected chi connectivity index (χ0v) is 38.9. The fraction of sp³-hybridized carbons (Fsp3) is 0.549. The molecule has 1 aromatic heterocycles. The van der Waals surface area contributed by atoms with Crippen molar-refractivity contribution < 1.29 is 52.9 Å². The van der Waals surface area contributed by atoms with Crippen LogP contribution in [0.4, 0.5) is 15.3 Å². The number of aliphatic hydroxyl groups excluding tert-OH is 1. The summed E-state index contributed by atoms with van der Waals surface area (Å²) in [6.07, 6.45) is 3.36. The predicted molar refractivity (Wildman–Crippen MR) is 247 cm³/mol. The molecule has 1 aliphatic heterocycles. The molecule has 0 unspecified atom stereocenters. The molecule has 2 aromatic carbocycles. The lowest BCUT2D eigenvalue weighted by molar-refractivity contribution is -0.228. The van der Waals surface area contributed by atoms with Gasteiger partial charge in [-0.05, 0) is 104 Å². The Morgan fingerprint density at radius 3 is 2.22 bits per heavy atom. The van der Waals surface area contributed by atoms with E-state index in [0.29, 0.717) is 55.3 Å². The summed E-state index contributed by atoms with van der Waals surface area (Å²) in [6, 6.07) is 18.1. The second kappa shape index (κ2) is 19.9. The molecule has 5 N–H and O–H groups in total.